The molecule has 1 aliphatic heterocycles. The fourth-order valence-electron chi connectivity index (χ4n) is 2.70. The second-order valence-corrected chi connectivity index (χ2v) is 5.10. The minimum atomic E-state index is 0.565. The number of rotatable bonds is 4. The highest BCUT2D eigenvalue weighted by Gasteiger charge is 2.24. The minimum Gasteiger partial charge on any atom is -0.295 e. The highest BCUT2D eigenvalue weighted by Crippen LogP contribution is 2.29. The molecule has 0 radical (unpaired) electrons. The average molecular weight is 232 g/mol. The van der Waals surface area contributed by atoms with Crippen molar-refractivity contribution in [3.8, 4) is 0 Å². The van der Waals surface area contributed by atoms with Gasteiger partial charge in [-0.2, -0.15) is 0 Å². The Morgan fingerprint density at radius 3 is 3.00 bits per heavy atom. The van der Waals surface area contributed by atoms with Crippen LogP contribution >= 0.6 is 0 Å². The van der Waals surface area contributed by atoms with Crippen LogP contribution in [0.4, 0.5) is 0 Å². The highest BCUT2D eigenvalue weighted by atomic mass is 15.2. The standard InChI is InChI=1S/C15H24N2/c1-3-4-11-17-12-6-5-10-15(17)14-9-7-8-13(2)16-14/h7-9,15H,3-6,10-12H2,1-2H3/t15-/m0/s1. The highest BCUT2D eigenvalue weighted by molar-refractivity contribution is 5.14. The lowest BCUT2D eigenvalue weighted by molar-refractivity contribution is 0.143. The van der Waals surface area contributed by atoms with Crippen molar-refractivity contribution in [3.63, 3.8) is 0 Å². The van der Waals surface area contributed by atoms with Crippen LogP contribution in [0, 0.1) is 6.92 Å². The summed E-state index contributed by atoms with van der Waals surface area (Å²) in [5.41, 5.74) is 2.42. The van der Waals surface area contributed by atoms with Gasteiger partial charge in [-0.05, 0) is 51.4 Å². The SMILES string of the molecule is CCCCN1CCCC[C@H]1c1cccc(C)n1. The molecule has 1 aliphatic rings. The van der Waals surface area contributed by atoms with E-state index in [1.54, 1.807) is 0 Å². The first-order chi connectivity index (χ1) is 8.31. The molecule has 2 nitrogen and oxygen atoms in total. The van der Waals surface area contributed by atoms with Crippen LogP contribution in [0.25, 0.3) is 0 Å². The molecule has 2 heterocycles. The lowest BCUT2D eigenvalue weighted by Gasteiger charge is -2.35. The maximum absolute atomic E-state index is 4.71. The van der Waals surface area contributed by atoms with Crippen molar-refractivity contribution in [1.29, 1.82) is 0 Å². The van der Waals surface area contributed by atoms with Crippen molar-refractivity contribution >= 4 is 0 Å². The van der Waals surface area contributed by atoms with Crippen molar-refractivity contribution in [3.05, 3.63) is 29.6 Å². The molecule has 17 heavy (non-hydrogen) atoms. The molecular weight excluding hydrogens is 208 g/mol. The number of pyridine rings is 1. The smallest absolute Gasteiger partial charge is 0.0578 e. The molecule has 2 heteroatoms. The fraction of sp³-hybridized carbons (Fsp3) is 0.667. The Morgan fingerprint density at radius 2 is 2.24 bits per heavy atom. The van der Waals surface area contributed by atoms with E-state index in [1.807, 2.05) is 0 Å². The van der Waals surface area contributed by atoms with E-state index >= 15 is 0 Å². The van der Waals surface area contributed by atoms with Gasteiger partial charge in [0.1, 0.15) is 0 Å². The second kappa shape index (κ2) is 6.15. The molecule has 0 amide bonds. The van der Waals surface area contributed by atoms with Crippen LogP contribution in [-0.2, 0) is 0 Å². The predicted octanol–water partition coefficient (Wildman–Crippen LogP) is 3.72. The Morgan fingerprint density at radius 1 is 1.35 bits per heavy atom. The number of unbranched alkanes of at least 4 members (excludes halogenated alkanes) is 1. The maximum Gasteiger partial charge on any atom is 0.0578 e. The number of hydrogen-bond acceptors (Lipinski definition) is 2. The maximum atomic E-state index is 4.71. The predicted molar refractivity (Wildman–Crippen MR) is 72.0 cm³/mol. The summed E-state index contributed by atoms with van der Waals surface area (Å²) < 4.78 is 0. The zero-order chi connectivity index (χ0) is 12.1. The summed E-state index contributed by atoms with van der Waals surface area (Å²) in [7, 11) is 0. The van der Waals surface area contributed by atoms with E-state index in [2.05, 4.69) is 36.9 Å². The molecule has 0 spiro atoms. The third kappa shape index (κ3) is 3.29. The van der Waals surface area contributed by atoms with Gasteiger partial charge in [-0.25, -0.2) is 0 Å². The molecule has 1 fully saturated rings. The molecule has 1 atom stereocenters. The Labute approximate surface area is 105 Å². The largest absolute Gasteiger partial charge is 0.295 e. The summed E-state index contributed by atoms with van der Waals surface area (Å²) in [4.78, 5) is 7.35. The number of nitrogens with zero attached hydrogens (tertiary/aromatic N) is 2. The van der Waals surface area contributed by atoms with Gasteiger partial charge >= 0.3 is 0 Å². The van der Waals surface area contributed by atoms with Crippen LogP contribution in [0.15, 0.2) is 18.2 Å². The van der Waals surface area contributed by atoms with Gasteiger partial charge in [-0.15, -0.1) is 0 Å². The van der Waals surface area contributed by atoms with E-state index in [-0.39, 0.29) is 0 Å². The van der Waals surface area contributed by atoms with E-state index in [0.717, 1.165) is 5.69 Å². The number of aromatic nitrogens is 1. The summed E-state index contributed by atoms with van der Waals surface area (Å²) in [6.45, 7) is 6.84. The molecule has 94 valence electrons. The van der Waals surface area contributed by atoms with E-state index < -0.39 is 0 Å². The van der Waals surface area contributed by atoms with Crippen LogP contribution < -0.4 is 0 Å². The second-order valence-electron chi connectivity index (χ2n) is 5.10. The molecule has 0 N–H and O–H groups in total. The van der Waals surface area contributed by atoms with E-state index in [0.29, 0.717) is 6.04 Å². The number of aryl methyl sites for hydroxylation is 1. The van der Waals surface area contributed by atoms with Gasteiger partial charge in [-0.3, -0.25) is 9.88 Å². The molecular formula is C15H24N2. The van der Waals surface area contributed by atoms with E-state index in [9.17, 15) is 0 Å². The first-order valence-corrected chi connectivity index (χ1v) is 6.99. The normalized spacial score (nSPS) is 21.6. The monoisotopic (exact) mass is 232 g/mol. The molecule has 0 aromatic carbocycles. The lowest BCUT2D eigenvalue weighted by atomic mass is 9.98. The molecule has 0 aliphatic carbocycles. The Bertz CT molecular complexity index is 349. The summed E-state index contributed by atoms with van der Waals surface area (Å²) in [5, 5.41) is 0. The number of likely N-dealkylation sites (tertiary alicyclic amines) is 1. The number of piperidine rings is 1. The van der Waals surface area contributed by atoms with Crippen LogP contribution in [0.3, 0.4) is 0 Å². The molecule has 0 bridgehead atoms. The van der Waals surface area contributed by atoms with Crippen molar-refractivity contribution < 1.29 is 0 Å². The number of hydrogen-bond donors (Lipinski definition) is 0. The van der Waals surface area contributed by atoms with E-state index in [1.165, 1.54) is 50.9 Å². The quantitative estimate of drug-likeness (QED) is 0.786. The molecule has 0 unspecified atom stereocenters. The van der Waals surface area contributed by atoms with Gasteiger partial charge in [0.25, 0.3) is 0 Å². The van der Waals surface area contributed by atoms with Gasteiger partial charge in [-0.1, -0.05) is 25.8 Å². The molecule has 2 rings (SSSR count). The Kier molecular flexibility index (Phi) is 4.55. The summed E-state index contributed by atoms with van der Waals surface area (Å²) in [5.74, 6) is 0. The minimum absolute atomic E-state index is 0.565. The van der Waals surface area contributed by atoms with Gasteiger partial charge in [0.05, 0.1) is 11.7 Å². The summed E-state index contributed by atoms with van der Waals surface area (Å²) in [6.07, 6.45) is 6.57. The van der Waals surface area contributed by atoms with Crippen molar-refractivity contribution in [1.82, 2.24) is 9.88 Å². The van der Waals surface area contributed by atoms with Gasteiger partial charge in [0, 0.05) is 5.69 Å². The van der Waals surface area contributed by atoms with Crippen LogP contribution in [0.1, 0.15) is 56.5 Å². The third-order valence-corrected chi connectivity index (χ3v) is 3.66. The first kappa shape index (κ1) is 12.6. The van der Waals surface area contributed by atoms with Gasteiger partial charge in [0.15, 0.2) is 0 Å². The summed E-state index contributed by atoms with van der Waals surface area (Å²) in [6, 6.07) is 6.99. The average Bonchev–Trinajstić information content (AvgIpc) is 2.37. The lowest BCUT2D eigenvalue weighted by Crippen LogP contribution is -2.34. The third-order valence-electron chi connectivity index (χ3n) is 3.66. The molecule has 1 aromatic rings. The van der Waals surface area contributed by atoms with Crippen molar-refractivity contribution in [2.45, 2.75) is 52.0 Å². The van der Waals surface area contributed by atoms with Crippen molar-refractivity contribution in [2.75, 3.05) is 13.1 Å². The van der Waals surface area contributed by atoms with Gasteiger partial charge < -0.3 is 0 Å². The molecule has 1 saturated heterocycles. The molecule has 0 saturated carbocycles. The van der Waals surface area contributed by atoms with E-state index in [4.69, 9.17) is 4.98 Å². The van der Waals surface area contributed by atoms with Gasteiger partial charge in [0.2, 0.25) is 0 Å². The zero-order valence-electron chi connectivity index (χ0n) is 11.2. The zero-order valence-corrected chi connectivity index (χ0v) is 11.2. The van der Waals surface area contributed by atoms with Crippen LogP contribution in [-0.4, -0.2) is 23.0 Å². The van der Waals surface area contributed by atoms with Crippen LogP contribution in [0.5, 0.6) is 0 Å². The topological polar surface area (TPSA) is 16.1 Å². The van der Waals surface area contributed by atoms with Crippen molar-refractivity contribution in [2.24, 2.45) is 0 Å². The Balaban J connectivity index is 2.10. The summed E-state index contributed by atoms with van der Waals surface area (Å²) >= 11 is 0. The van der Waals surface area contributed by atoms with Crippen LogP contribution in [0.2, 0.25) is 0 Å². The molecule has 1 aromatic heterocycles. The fourth-order valence-corrected chi connectivity index (χ4v) is 2.70. The first-order valence-electron chi connectivity index (χ1n) is 6.99. The Hall–Kier alpha value is -0.890.